The molecule has 2 heterocycles. The number of carbonyl (C=O) groups is 1. The van der Waals surface area contributed by atoms with Gasteiger partial charge >= 0.3 is 5.97 Å². The highest BCUT2D eigenvalue weighted by Gasteiger charge is 2.24. The number of aromatic nitrogens is 3. The van der Waals surface area contributed by atoms with Crippen LogP contribution in [0, 0.1) is 0 Å². The van der Waals surface area contributed by atoms with E-state index in [1.807, 2.05) is 102 Å². The van der Waals surface area contributed by atoms with Gasteiger partial charge in [-0.25, -0.2) is 14.5 Å². The van der Waals surface area contributed by atoms with Crippen LogP contribution in [-0.4, -0.2) is 27.3 Å². The Morgan fingerprint density at radius 1 is 0.844 bits per heavy atom. The molecule has 0 aliphatic heterocycles. The minimum atomic E-state index is -0.446. The fourth-order valence-corrected chi connectivity index (χ4v) is 3.83. The molecule has 0 radical (unpaired) electrons. The molecule has 0 spiro atoms. The summed E-state index contributed by atoms with van der Waals surface area (Å²) in [5.74, 6) is -0.446. The van der Waals surface area contributed by atoms with E-state index in [0.717, 1.165) is 33.3 Å². The first-order chi connectivity index (χ1) is 15.8. The van der Waals surface area contributed by atoms with Crippen molar-refractivity contribution >= 4 is 16.9 Å². The van der Waals surface area contributed by atoms with Crippen molar-refractivity contribution in [3.63, 3.8) is 0 Å². The van der Waals surface area contributed by atoms with Crippen LogP contribution in [0.3, 0.4) is 0 Å². The number of hydrogen-bond donors (Lipinski definition) is 0. The Labute approximate surface area is 185 Å². The maximum Gasteiger partial charge on any atom is 0.357 e. The van der Waals surface area contributed by atoms with Gasteiger partial charge in [-0.3, -0.25) is 0 Å². The van der Waals surface area contributed by atoms with Gasteiger partial charge in [-0.1, -0.05) is 78.9 Å². The Hall–Kier alpha value is -4.25. The molecular weight excluding hydrogens is 398 g/mol. The second-order valence-corrected chi connectivity index (χ2v) is 7.31. The fourth-order valence-electron chi connectivity index (χ4n) is 3.83. The van der Waals surface area contributed by atoms with Crippen LogP contribution in [0.1, 0.15) is 17.4 Å². The summed E-state index contributed by atoms with van der Waals surface area (Å²) >= 11 is 0. The lowest BCUT2D eigenvalue weighted by Gasteiger charge is -2.12. The van der Waals surface area contributed by atoms with Gasteiger partial charge < -0.3 is 4.74 Å². The van der Waals surface area contributed by atoms with Crippen molar-refractivity contribution in [2.45, 2.75) is 6.92 Å². The van der Waals surface area contributed by atoms with Crippen molar-refractivity contribution in [3.05, 3.63) is 103 Å². The zero-order valence-corrected chi connectivity index (χ0v) is 17.6. The Morgan fingerprint density at radius 3 is 2.06 bits per heavy atom. The number of rotatable bonds is 5. The maximum absolute atomic E-state index is 13.0. The molecule has 3 aromatic carbocycles. The normalized spacial score (nSPS) is 10.9. The summed E-state index contributed by atoms with van der Waals surface area (Å²) in [7, 11) is 0. The molecule has 156 valence electrons. The lowest BCUT2D eigenvalue weighted by molar-refractivity contribution is 0.0521. The molecule has 5 heteroatoms. The molecule has 32 heavy (non-hydrogen) atoms. The third kappa shape index (κ3) is 3.54. The molecule has 0 saturated carbocycles. The molecule has 5 aromatic rings. The molecule has 0 aliphatic carbocycles. The average molecular weight is 419 g/mol. The molecule has 5 nitrogen and oxygen atoms in total. The fraction of sp³-hybridized carbons (Fsp3) is 0.0741. The van der Waals surface area contributed by atoms with Crippen LogP contribution >= 0.6 is 0 Å². The van der Waals surface area contributed by atoms with E-state index in [4.69, 9.17) is 14.8 Å². The molecule has 0 N–H and O–H groups in total. The zero-order valence-electron chi connectivity index (χ0n) is 17.6. The molecule has 2 aromatic heterocycles. The standard InChI is InChI=1S/C27H21N3O2/c1-2-32-27(31)26-23(19-12-6-3-7-13-19)22-18-30(21-16-10-5-11-17-21)29-25(22)24(28-26)20-14-8-4-9-15-20/h3-18H,2H2,1H3. The summed E-state index contributed by atoms with van der Waals surface area (Å²) in [6.45, 7) is 2.07. The van der Waals surface area contributed by atoms with Gasteiger partial charge in [-0.2, -0.15) is 5.10 Å². The minimum absolute atomic E-state index is 0.275. The van der Waals surface area contributed by atoms with Crippen molar-refractivity contribution in [1.82, 2.24) is 14.8 Å². The number of para-hydroxylation sites is 1. The first kappa shape index (κ1) is 19.7. The first-order valence-electron chi connectivity index (χ1n) is 10.5. The van der Waals surface area contributed by atoms with Gasteiger partial charge in [0, 0.05) is 22.7 Å². The maximum atomic E-state index is 13.0. The van der Waals surface area contributed by atoms with Crippen LogP contribution in [-0.2, 0) is 4.74 Å². The summed E-state index contributed by atoms with van der Waals surface area (Å²) in [5.41, 5.74) is 5.10. The number of pyridine rings is 1. The van der Waals surface area contributed by atoms with Gasteiger partial charge in [-0.15, -0.1) is 0 Å². The molecule has 0 atom stereocenters. The molecule has 0 amide bonds. The van der Waals surface area contributed by atoms with E-state index in [0.29, 0.717) is 5.69 Å². The van der Waals surface area contributed by atoms with Crippen LogP contribution in [0.2, 0.25) is 0 Å². The second-order valence-electron chi connectivity index (χ2n) is 7.31. The number of esters is 1. The van der Waals surface area contributed by atoms with Crippen molar-refractivity contribution in [1.29, 1.82) is 0 Å². The Kier molecular flexibility index (Phi) is 5.22. The SMILES string of the molecule is CCOC(=O)c1nc(-c2ccccc2)c2nn(-c3ccccc3)cc2c1-c1ccccc1. The van der Waals surface area contributed by atoms with E-state index in [-0.39, 0.29) is 12.3 Å². The highest BCUT2D eigenvalue weighted by atomic mass is 16.5. The molecule has 0 fully saturated rings. The summed E-state index contributed by atoms with van der Waals surface area (Å²) in [5, 5.41) is 5.74. The third-order valence-electron chi connectivity index (χ3n) is 5.27. The molecule has 0 aliphatic rings. The molecule has 0 bridgehead atoms. The highest BCUT2D eigenvalue weighted by Crippen LogP contribution is 2.36. The predicted octanol–water partition coefficient (Wildman–Crippen LogP) is 5.93. The quantitative estimate of drug-likeness (QED) is 0.331. The van der Waals surface area contributed by atoms with Gasteiger partial charge in [0.15, 0.2) is 5.69 Å². The van der Waals surface area contributed by atoms with Crippen LogP contribution in [0.25, 0.3) is 39.0 Å². The highest BCUT2D eigenvalue weighted by molar-refractivity contribution is 6.09. The van der Waals surface area contributed by atoms with E-state index in [1.165, 1.54) is 0 Å². The predicted molar refractivity (Wildman–Crippen MR) is 126 cm³/mol. The largest absolute Gasteiger partial charge is 0.461 e. The van der Waals surface area contributed by atoms with Crippen molar-refractivity contribution in [3.8, 4) is 28.1 Å². The average Bonchev–Trinajstić information content (AvgIpc) is 3.30. The van der Waals surface area contributed by atoms with Crippen LogP contribution in [0.5, 0.6) is 0 Å². The number of fused-ring (bicyclic) bond motifs is 1. The molecule has 5 rings (SSSR count). The van der Waals surface area contributed by atoms with E-state index < -0.39 is 5.97 Å². The molecular formula is C27H21N3O2. The van der Waals surface area contributed by atoms with Gasteiger partial charge in [0.25, 0.3) is 0 Å². The summed E-state index contributed by atoms with van der Waals surface area (Å²) < 4.78 is 7.23. The smallest absolute Gasteiger partial charge is 0.357 e. The Balaban J connectivity index is 1.88. The van der Waals surface area contributed by atoms with Crippen molar-refractivity contribution in [2.24, 2.45) is 0 Å². The first-order valence-corrected chi connectivity index (χ1v) is 10.5. The minimum Gasteiger partial charge on any atom is -0.461 e. The molecule has 0 saturated heterocycles. The van der Waals surface area contributed by atoms with Gasteiger partial charge in [0.2, 0.25) is 0 Å². The van der Waals surface area contributed by atoms with Gasteiger partial charge in [0.1, 0.15) is 5.52 Å². The lowest BCUT2D eigenvalue weighted by Crippen LogP contribution is -2.10. The number of ether oxygens (including phenoxy) is 1. The lowest BCUT2D eigenvalue weighted by atomic mass is 9.97. The van der Waals surface area contributed by atoms with E-state index in [2.05, 4.69) is 0 Å². The van der Waals surface area contributed by atoms with Crippen LogP contribution < -0.4 is 0 Å². The van der Waals surface area contributed by atoms with Gasteiger partial charge in [-0.05, 0) is 24.6 Å². The van der Waals surface area contributed by atoms with Gasteiger partial charge in [0.05, 0.1) is 18.0 Å². The third-order valence-corrected chi connectivity index (χ3v) is 5.27. The van der Waals surface area contributed by atoms with Crippen molar-refractivity contribution in [2.75, 3.05) is 6.61 Å². The zero-order chi connectivity index (χ0) is 21.9. The van der Waals surface area contributed by atoms with Crippen LogP contribution in [0.4, 0.5) is 0 Å². The number of hydrogen-bond acceptors (Lipinski definition) is 4. The summed E-state index contributed by atoms with van der Waals surface area (Å²) in [6.07, 6.45) is 1.96. The topological polar surface area (TPSA) is 57.0 Å². The van der Waals surface area contributed by atoms with E-state index >= 15 is 0 Å². The van der Waals surface area contributed by atoms with E-state index in [9.17, 15) is 4.79 Å². The second kappa shape index (κ2) is 8.47. The number of benzene rings is 3. The van der Waals surface area contributed by atoms with Crippen molar-refractivity contribution < 1.29 is 9.53 Å². The van der Waals surface area contributed by atoms with E-state index in [1.54, 1.807) is 6.92 Å². The Bertz CT molecular complexity index is 1380. The number of nitrogens with zero attached hydrogens (tertiary/aromatic N) is 3. The monoisotopic (exact) mass is 419 g/mol. The Morgan fingerprint density at radius 2 is 1.44 bits per heavy atom. The summed E-state index contributed by atoms with van der Waals surface area (Å²) in [6, 6.07) is 29.5. The number of carbonyl (C=O) groups excluding carboxylic acids is 1. The molecule has 0 unspecified atom stereocenters. The summed E-state index contributed by atoms with van der Waals surface area (Å²) in [4.78, 5) is 17.9. The van der Waals surface area contributed by atoms with Crippen LogP contribution in [0.15, 0.2) is 97.2 Å².